The van der Waals surface area contributed by atoms with E-state index in [1.54, 1.807) is 0 Å². The Labute approximate surface area is 121 Å². The van der Waals surface area contributed by atoms with Gasteiger partial charge in [-0.25, -0.2) is 0 Å². The molecule has 1 saturated heterocycles. The van der Waals surface area contributed by atoms with Crippen LogP contribution in [0.4, 0.5) is 5.69 Å². The molecule has 1 N–H and O–H groups in total. The lowest BCUT2D eigenvalue weighted by molar-refractivity contribution is -0.132. The van der Waals surface area contributed by atoms with E-state index < -0.39 is 0 Å². The standard InChI is InChI=1S/C17H24N2O/c1-12-10-14(13-6-4-5-7-15(13)18-12)16(20)19-9-8-17(2,3)11-19/h4-7,12,14,18H,8-11H2,1-3H3. The molecule has 2 unspecified atom stereocenters. The van der Waals surface area contributed by atoms with Crippen molar-refractivity contribution in [1.29, 1.82) is 0 Å². The average Bonchev–Trinajstić information content (AvgIpc) is 2.77. The molecule has 3 rings (SSSR count). The third kappa shape index (κ3) is 2.41. The van der Waals surface area contributed by atoms with E-state index in [0.29, 0.717) is 11.9 Å². The molecule has 0 radical (unpaired) electrons. The van der Waals surface area contributed by atoms with Gasteiger partial charge in [0.25, 0.3) is 0 Å². The van der Waals surface area contributed by atoms with Crippen molar-refractivity contribution in [2.75, 3.05) is 18.4 Å². The van der Waals surface area contributed by atoms with Gasteiger partial charge >= 0.3 is 0 Å². The van der Waals surface area contributed by atoms with Crippen LogP contribution in [0.25, 0.3) is 0 Å². The van der Waals surface area contributed by atoms with Crippen molar-refractivity contribution in [2.45, 2.75) is 45.6 Å². The van der Waals surface area contributed by atoms with Gasteiger partial charge in [0, 0.05) is 24.8 Å². The minimum absolute atomic E-state index is 0.0244. The number of likely N-dealkylation sites (tertiary alicyclic amines) is 1. The molecule has 2 atom stereocenters. The zero-order valence-corrected chi connectivity index (χ0v) is 12.6. The lowest BCUT2D eigenvalue weighted by atomic mass is 9.86. The third-order valence-electron chi connectivity index (χ3n) is 4.61. The smallest absolute Gasteiger partial charge is 0.230 e. The topological polar surface area (TPSA) is 32.3 Å². The summed E-state index contributed by atoms with van der Waals surface area (Å²) in [4.78, 5) is 15.0. The Balaban J connectivity index is 1.85. The Bertz CT molecular complexity index is 523. The first kappa shape index (κ1) is 13.5. The van der Waals surface area contributed by atoms with Gasteiger partial charge in [-0.2, -0.15) is 0 Å². The van der Waals surface area contributed by atoms with Crippen LogP contribution in [-0.4, -0.2) is 29.9 Å². The highest BCUT2D eigenvalue weighted by Gasteiger charge is 2.37. The van der Waals surface area contributed by atoms with Crippen LogP contribution >= 0.6 is 0 Å². The largest absolute Gasteiger partial charge is 0.382 e. The Morgan fingerprint density at radius 3 is 2.80 bits per heavy atom. The first-order valence-corrected chi connectivity index (χ1v) is 7.60. The Morgan fingerprint density at radius 1 is 1.35 bits per heavy atom. The normalized spacial score (nSPS) is 27.9. The quantitative estimate of drug-likeness (QED) is 0.851. The van der Waals surface area contributed by atoms with E-state index in [-0.39, 0.29) is 11.3 Å². The highest BCUT2D eigenvalue weighted by atomic mass is 16.2. The summed E-state index contributed by atoms with van der Waals surface area (Å²) in [5.41, 5.74) is 2.57. The molecule has 1 amide bonds. The van der Waals surface area contributed by atoms with E-state index in [1.807, 2.05) is 12.1 Å². The number of fused-ring (bicyclic) bond motifs is 1. The van der Waals surface area contributed by atoms with Gasteiger partial charge in [-0.05, 0) is 36.8 Å². The second-order valence-corrected chi connectivity index (χ2v) is 7.09. The summed E-state index contributed by atoms with van der Waals surface area (Å²) in [5, 5.41) is 3.48. The van der Waals surface area contributed by atoms with Crippen LogP contribution in [0, 0.1) is 5.41 Å². The van der Waals surface area contributed by atoms with Crippen LogP contribution < -0.4 is 5.32 Å². The highest BCUT2D eigenvalue weighted by molar-refractivity contribution is 5.86. The number of anilines is 1. The monoisotopic (exact) mass is 272 g/mol. The maximum atomic E-state index is 12.9. The van der Waals surface area contributed by atoms with Gasteiger partial charge in [0.1, 0.15) is 0 Å². The van der Waals surface area contributed by atoms with Gasteiger partial charge < -0.3 is 10.2 Å². The minimum Gasteiger partial charge on any atom is -0.382 e. The summed E-state index contributed by atoms with van der Waals surface area (Å²) < 4.78 is 0. The second-order valence-electron chi connectivity index (χ2n) is 7.09. The third-order valence-corrected chi connectivity index (χ3v) is 4.61. The maximum Gasteiger partial charge on any atom is 0.230 e. The molecular formula is C17H24N2O. The molecule has 0 bridgehead atoms. The number of carbonyl (C=O) groups excluding carboxylic acids is 1. The Morgan fingerprint density at radius 2 is 2.10 bits per heavy atom. The predicted octanol–water partition coefficient (Wildman–Crippen LogP) is 3.23. The number of hydrogen-bond acceptors (Lipinski definition) is 2. The number of nitrogens with one attached hydrogen (secondary N) is 1. The van der Waals surface area contributed by atoms with Gasteiger partial charge in [-0.15, -0.1) is 0 Å². The van der Waals surface area contributed by atoms with Crippen LogP contribution in [0.5, 0.6) is 0 Å². The van der Waals surface area contributed by atoms with Crippen molar-refractivity contribution in [3.8, 4) is 0 Å². The number of carbonyl (C=O) groups is 1. The summed E-state index contributed by atoms with van der Waals surface area (Å²) in [6.45, 7) is 8.46. The van der Waals surface area contributed by atoms with E-state index >= 15 is 0 Å². The van der Waals surface area contributed by atoms with E-state index in [9.17, 15) is 4.79 Å². The van der Waals surface area contributed by atoms with Crippen LogP contribution in [0.2, 0.25) is 0 Å². The number of rotatable bonds is 1. The van der Waals surface area contributed by atoms with Gasteiger partial charge in [-0.1, -0.05) is 32.0 Å². The molecule has 3 nitrogen and oxygen atoms in total. The zero-order chi connectivity index (χ0) is 14.3. The molecule has 1 aromatic rings. The van der Waals surface area contributed by atoms with Crippen LogP contribution in [0.3, 0.4) is 0 Å². The molecule has 108 valence electrons. The van der Waals surface area contributed by atoms with Crippen molar-refractivity contribution < 1.29 is 4.79 Å². The first-order valence-electron chi connectivity index (χ1n) is 7.60. The SMILES string of the molecule is CC1CC(C(=O)N2CCC(C)(C)C2)c2ccccc2N1. The van der Waals surface area contributed by atoms with Crippen LogP contribution in [0.1, 0.15) is 45.1 Å². The molecule has 0 saturated carbocycles. The van der Waals surface area contributed by atoms with Crippen molar-refractivity contribution in [1.82, 2.24) is 4.90 Å². The number of hydrogen-bond donors (Lipinski definition) is 1. The first-order chi connectivity index (χ1) is 9.46. The van der Waals surface area contributed by atoms with E-state index in [0.717, 1.165) is 31.6 Å². The van der Waals surface area contributed by atoms with Gasteiger partial charge in [0.2, 0.25) is 5.91 Å². The molecule has 0 spiro atoms. The fourth-order valence-corrected chi connectivity index (χ4v) is 3.49. The van der Waals surface area contributed by atoms with E-state index in [1.165, 1.54) is 5.56 Å². The average molecular weight is 272 g/mol. The summed E-state index contributed by atoms with van der Waals surface area (Å²) in [6, 6.07) is 8.60. The lowest BCUT2D eigenvalue weighted by Gasteiger charge is -2.33. The Hall–Kier alpha value is -1.51. The van der Waals surface area contributed by atoms with Crippen LogP contribution in [-0.2, 0) is 4.79 Å². The van der Waals surface area contributed by atoms with Gasteiger partial charge in [-0.3, -0.25) is 4.79 Å². The summed E-state index contributed by atoms with van der Waals surface area (Å²) in [7, 11) is 0. The van der Waals surface area contributed by atoms with Gasteiger partial charge in [0.05, 0.1) is 5.92 Å². The van der Waals surface area contributed by atoms with E-state index in [2.05, 4.69) is 43.1 Å². The number of amides is 1. The summed E-state index contributed by atoms with van der Waals surface area (Å²) >= 11 is 0. The minimum atomic E-state index is 0.0244. The molecule has 20 heavy (non-hydrogen) atoms. The molecule has 2 aliphatic heterocycles. The molecule has 1 aromatic carbocycles. The van der Waals surface area contributed by atoms with Crippen molar-refractivity contribution >= 4 is 11.6 Å². The van der Waals surface area contributed by atoms with Crippen molar-refractivity contribution in [3.63, 3.8) is 0 Å². The molecule has 0 aliphatic carbocycles. The fraction of sp³-hybridized carbons (Fsp3) is 0.588. The second kappa shape index (κ2) is 4.80. The lowest BCUT2D eigenvalue weighted by Crippen LogP contribution is -2.38. The fourth-order valence-electron chi connectivity index (χ4n) is 3.49. The van der Waals surface area contributed by atoms with E-state index in [4.69, 9.17) is 0 Å². The molecular weight excluding hydrogens is 248 g/mol. The number of benzene rings is 1. The molecule has 1 fully saturated rings. The van der Waals surface area contributed by atoms with Crippen LogP contribution in [0.15, 0.2) is 24.3 Å². The molecule has 2 heterocycles. The predicted molar refractivity (Wildman–Crippen MR) is 81.9 cm³/mol. The van der Waals surface area contributed by atoms with Crippen molar-refractivity contribution in [2.24, 2.45) is 5.41 Å². The molecule has 3 heteroatoms. The Kier molecular flexibility index (Phi) is 3.23. The summed E-state index contributed by atoms with van der Waals surface area (Å²) in [6.07, 6.45) is 2.01. The maximum absolute atomic E-state index is 12.9. The number of para-hydroxylation sites is 1. The van der Waals surface area contributed by atoms with Gasteiger partial charge in [0.15, 0.2) is 0 Å². The zero-order valence-electron chi connectivity index (χ0n) is 12.6. The molecule has 2 aliphatic rings. The molecule has 0 aromatic heterocycles. The number of nitrogens with zero attached hydrogens (tertiary/aromatic N) is 1. The highest BCUT2D eigenvalue weighted by Crippen LogP contribution is 2.37. The summed E-state index contributed by atoms with van der Waals surface area (Å²) in [5.74, 6) is 0.340. The van der Waals surface area contributed by atoms with Crippen molar-refractivity contribution in [3.05, 3.63) is 29.8 Å².